The van der Waals surface area contributed by atoms with Gasteiger partial charge in [0.05, 0.1) is 18.6 Å². The highest BCUT2D eigenvalue weighted by Gasteiger charge is 2.47. The summed E-state index contributed by atoms with van der Waals surface area (Å²) in [4.78, 5) is 37.7. The van der Waals surface area contributed by atoms with E-state index in [1.54, 1.807) is 43.3 Å². The van der Waals surface area contributed by atoms with Gasteiger partial charge in [-0.05, 0) is 30.7 Å². The number of carbonyl (C=O) groups is 3. The van der Waals surface area contributed by atoms with E-state index in [-0.39, 0.29) is 25.2 Å². The van der Waals surface area contributed by atoms with Crippen LogP contribution in [0.3, 0.4) is 0 Å². The maximum absolute atomic E-state index is 12.9. The van der Waals surface area contributed by atoms with Crippen molar-refractivity contribution in [2.24, 2.45) is 5.92 Å². The molecule has 0 fully saturated rings. The average molecular weight is 380 g/mol. The van der Waals surface area contributed by atoms with Gasteiger partial charge in [-0.25, -0.2) is 0 Å². The third-order valence-corrected chi connectivity index (χ3v) is 5.18. The van der Waals surface area contributed by atoms with Crippen molar-refractivity contribution < 1.29 is 28.6 Å². The van der Waals surface area contributed by atoms with E-state index in [2.05, 4.69) is 0 Å². The lowest BCUT2D eigenvalue weighted by Gasteiger charge is -2.37. The first kappa shape index (κ1) is 18.2. The molecule has 0 unspecified atom stereocenters. The van der Waals surface area contributed by atoms with Crippen molar-refractivity contribution in [1.82, 2.24) is 0 Å². The van der Waals surface area contributed by atoms with Gasteiger partial charge in [-0.2, -0.15) is 0 Å². The van der Waals surface area contributed by atoms with Crippen LogP contribution in [-0.4, -0.2) is 30.4 Å². The molecule has 0 saturated carbocycles. The summed E-state index contributed by atoms with van der Waals surface area (Å²) >= 11 is 0. The second-order valence-electron chi connectivity index (χ2n) is 6.88. The van der Waals surface area contributed by atoms with Crippen LogP contribution in [0.4, 0.5) is 0 Å². The lowest BCUT2D eigenvalue weighted by Crippen LogP contribution is -2.45. The van der Waals surface area contributed by atoms with Gasteiger partial charge in [-0.15, -0.1) is 0 Å². The van der Waals surface area contributed by atoms with Gasteiger partial charge in [0.1, 0.15) is 23.5 Å². The molecule has 0 radical (unpaired) electrons. The number of ether oxygens (including phenoxy) is 3. The highest BCUT2D eigenvalue weighted by Crippen LogP contribution is 2.44. The zero-order valence-electron chi connectivity index (χ0n) is 15.4. The molecule has 0 bridgehead atoms. The average Bonchev–Trinajstić information content (AvgIpc) is 2.68. The number of carbonyl (C=O) groups excluding carboxylic acids is 3. The van der Waals surface area contributed by atoms with E-state index >= 15 is 0 Å². The minimum absolute atomic E-state index is 0.0142. The maximum atomic E-state index is 12.9. The third-order valence-electron chi connectivity index (χ3n) is 5.18. The van der Waals surface area contributed by atoms with E-state index in [1.807, 2.05) is 12.1 Å². The monoisotopic (exact) mass is 380 g/mol. The van der Waals surface area contributed by atoms with E-state index < -0.39 is 29.9 Å². The van der Waals surface area contributed by atoms with Gasteiger partial charge in [-0.1, -0.05) is 30.3 Å². The van der Waals surface area contributed by atoms with Crippen molar-refractivity contribution >= 4 is 17.7 Å². The maximum Gasteiger partial charge on any atom is 0.318 e. The molecule has 2 aliphatic heterocycles. The fourth-order valence-corrected chi connectivity index (χ4v) is 3.96. The Labute approximate surface area is 162 Å². The summed E-state index contributed by atoms with van der Waals surface area (Å²) in [5.41, 5.74) is 1.25. The molecular weight excluding hydrogens is 360 g/mol. The van der Waals surface area contributed by atoms with Crippen molar-refractivity contribution in [2.75, 3.05) is 6.61 Å². The normalized spacial score (nSPS) is 23.1. The van der Waals surface area contributed by atoms with Crippen molar-refractivity contribution in [3.05, 3.63) is 59.7 Å². The Bertz CT molecular complexity index is 934. The fraction of sp³-hybridized carbons (Fsp3) is 0.318. The van der Waals surface area contributed by atoms with E-state index in [9.17, 15) is 14.4 Å². The molecule has 6 nitrogen and oxygen atoms in total. The minimum atomic E-state index is -0.781. The topological polar surface area (TPSA) is 78.9 Å². The first-order valence-corrected chi connectivity index (χ1v) is 9.33. The molecule has 0 saturated heterocycles. The number of rotatable bonds is 4. The molecule has 0 aromatic heterocycles. The summed E-state index contributed by atoms with van der Waals surface area (Å²) in [6.07, 6.45) is -0.638. The highest BCUT2D eigenvalue weighted by molar-refractivity contribution is 6.00. The zero-order chi connectivity index (χ0) is 19.7. The standard InChI is InChI=1S/C22H20O6/c1-2-26-20(24)11-15-13-7-3-5-9-17(13)28-22(25)21(15)19-12-16(23)14-8-4-6-10-18(14)27-19/h3-10,15,19,21H,2,11-12H2,1H3/t15-,19-,21-/m0/s1. The smallest absolute Gasteiger partial charge is 0.318 e. The second-order valence-corrected chi connectivity index (χ2v) is 6.88. The molecule has 2 aromatic rings. The molecule has 0 amide bonds. The van der Waals surface area contributed by atoms with Crippen molar-refractivity contribution in [3.63, 3.8) is 0 Å². The Morgan fingerprint density at radius 2 is 1.79 bits per heavy atom. The van der Waals surface area contributed by atoms with Gasteiger partial charge in [0, 0.05) is 12.3 Å². The van der Waals surface area contributed by atoms with E-state index in [0.717, 1.165) is 5.56 Å². The lowest BCUT2D eigenvalue weighted by atomic mass is 9.76. The van der Waals surface area contributed by atoms with Crippen LogP contribution in [0, 0.1) is 5.92 Å². The molecule has 4 rings (SSSR count). The molecule has 144 valence electrons. The minimum Gasteiger partial charge on any atom is -0.488 e. The molecular formula is C22H20O6. The van der Waals surface area contributed by atoms with Gasteiger partial charge in [0.15, 0.2) is 5.78 Å². The number of Topliss-reactive ketones (excluding diaryl/α,β-unsaturated/α-hetero) is 1. The van der Waals surface area contributed by atoms with Crippen molar-refractivity contribution in [1.29, 1.82) is 0 Å². The molecule has 3 atom stereocenters. The predicted molar refractivity (Wildman–Crippen MR) is 99.4 cm³/mol. The van der Waals surface area contributed by atoms with Gasteiger partial charge in [0.2, 0.25) is 0 Å². The number of benzene rings is 2. The third kappa shape index (κ3) is 3.26. The van der Waals surface area contributed by atoms with Crippen LogP contribution in [0.1, 0.15) is 41.6 Å². The van der Waals surface area contributed by atoms with Crippen molar-refractivity contribution in [3.8, 4) is 11.5 Å². The largest absolute Gasteiger partial charge is 0.488 e. The Balaban J connectivity index is 1.71. The Morgan fingerprint density at radius 1 is 1.07 bits per heavy atom. The van der Waals surface area contributed by atoms with Gasteiger partial charge >= 0.3 is 11.9 Å². The molecule has 0 N–H and O–H groups in total. The summed E-state index contributed by atoms with van der Waals surface area (Å²) in [7, 11) is 0. The molecule has 2 heterocycles. The molecule has 0 spiro atoms. The SMILES string of the molecule is CCOC(=O)C[C@H]1c2ccccc2OC(=O)[C@@H]1[C@@H]1CC(=O)c2ccccc2O1. The number of hydrogen-bond acceptors (Lipinski definition) is 6. The quantitative estimate of drug-likeness (QED) is 0.598. The molecule has 28 heavy (non-hydrogen) atoms. The van der Waals surface area contributed by atoms with Gasteiger partial charge in [0.25, 0.3) is 0 Å². The van der Waals surface area contributed by atoms with E-state index in [0.29, 0.717) is 17.1 Å². The summed E-state index contributed by atoms with van der Waals surface area (Å²) in [5, 5.41) is 0. The first-order chi connectivity index (χ1) is 13.6. The Hall–Kier alpha value is -3.15. The van der Waals surface area contributed by atoms with Crippen LogP contribution >= 0.6 is 0 Å². The van der Waals surface area contributed by atoms with Crippen LogP contribution in [0.2, 0.25) is 0 Å². The lowest BCUT2D eigenvalue weighted by molar-refractivity contribution is -0.148. The Kier molecular flexibility index (Phi) is 4.86. The van der Waals surface area contributed by atoms with E-state index in [1.165, 1.54) is 0 Å². The number of ketones is 1. The molecule has 6 heteroatoms. The first-order valence-electron chi connectivity index (χ1n) is 9.33. The van der Waals surface area contributed by atoms with Gasteiger partial charge < -0.3 is 14.2 Å². The number of hydrogen-bond donors (Lipinski definition) is 0. The van der Waals surface area contributed by atoms with Gasteiger partial charge in [-0.3, -0.25) is 14.4 Å². The second kappa shape index (κ2) is 7.46. The zero-order valence-corrected chi connectivity index (χ0v) is 15.4. The van der Waals surface area contributed by atoms with Crippen LogP contribution < -0.4 is 9.47 Å². The molecule has 0 aliphatic carbocycles. The summed E-state index contributed by atoms with van der Waals surface area (Å²) < 4.78 is 16.6. The van der Waals surface area contributed by atoms with Crippen LogP contribution in [0.15, 0.2) is 48.5 Å². The fourth-order valence-electron chi connectivity index (χ4n) is 3.96. The molecule has 2 aromatic carbocycles. The van der Waals surface area contributed by atoms with Crippen LogP contribution in [-0.2, 0) is 14.3 Å². The number of fused-ring (bicyclic) bond motifs is 2. The molecule has 2 aliphatic rings. The number of esters is 2. The van der Waals surface area contributed by atoms with Crippen LogP contribution in [0.25, 0.3) is 0 Å². The summed E-state index contributed by atoms with van der Waals surface area (Å²) in [5.74, 6) is -1.37. The van der Waals surface area contributed by atoms with Crippen LogP contribution in [0.5, 0.6) is 11.5 Å². The Morgan fingerprint density at radius 3 is 2.57 bits per heavy atom. The highest BCUT2D eigenvalue weighted by atomic mass is 16.5. The van der Waals surface area contributed by atoms with Crippen molar-refractivity contribution in [2.45, 2.75) is 31.8 Å². The predicted octanol–water partition coefficient (Wildman–Crippen LogP) is 3.29. The van der Waals surface area contributed by atoms with E-state index in [4.69, 9.17) is 14.2 Å². The number of para-hydroxylation sites is 2. The summed E-state index contributed by atoms with van der Waals surface area (Å²) in [6.45, 7) is 1.99. The summed E-state index contributed by atoms with van der Waals surface area (Å²) in [6, 6.07) is 14.1.